The molecule has 0 N–H and O–H groups in total. The zero-order valence-electron chi connectivity index (χ0n) is 31.2. The molecule has 244 valence electrons. The minimum Gasteiger partial charge on any atom is -0.0610 e. The standard InChI is InChI=1S/C48H52/c1-45(2,3)31-22-24-39(47(7,8)9)36(27-31)37-26-30-18-15-20-34-33-19-13-16-29-17-14-21-35(41(29)33)44(42(30)34)43(37)38-28-32(46(4,5)6)23-25-40(38)48(10,11)12/h13-28H,1-12H3. The van der Waals surface area contributed by atoms with E-state index >= 15 is 0 Å². The molecule has 0 fully saturated rings. The van der Waals surface area contributed by atoms with Crippen LogP contribution in [0.5, 0.6) is 0 Å². The molecular formula is C48H52. The maximum Gasteiger partial charge on any atom is -0.000775 e. The topological polar surface area (TPSA) is 0 Å². The highest BCUT2D eigenvalue weighted by Gasteiger charge is 2.30. The predicted molar refractivity (Wildman–Crippen MR) is 213 cm³/mol. The predicted octanol–water partition coefficient (Wildman–Crippen LogP) is 14.3. The van der Waals surface area contributed by atoms with E-state index in [1.54, 1.807) is 0 Å². The second-order valence-corrected chi connectivity index (χ2v) is 18.3. The van der Waals surface area contributed by atoms with Crippen molar-refractivity contribution < 1.29 is 0 Å². The zero-order valence-corrected chi connectivity index (χ0v) is 31.2. The molecule has 7 rings (SSSR count). The van der Waals surface area contributed by atoms with Crippen LogP contribution in [0.25, 0.3) is 65.3 Å². The van der Waals surface area contributed by atoms with E-state index < -0.39 is 0 Å². The van der Waals surface area contributed by atoms with Crippen molar-refractivity contribution in [3.8, 4) is 22.3 Å². The van der Waals surface area contributed by atoms with Gasteiger partial charge in [0.15, 0.2) is 0 Å². The van der Waals surface area contributed by atoms with Gasteiger partial charge in [-0.05, 0) is 115 Å². The van der Waals surface area contributed by atoms with E-state index in [9.17, 15) is 0 Å². The number of hydrogen-bond acceptors (Lipinski definition) is 0. The van der Waals surface area contributed by atoms with Crippen molar-refractivity contribution in [2.45, 2.75) is 105 Å². The lowest BCUT2D eigenvalue weighted by atomic mass is 9.72. The summed E-state index contributed by atoms with van der Waals surface area (Å²) >= 11 is 0. The van der Waals surface area contributed by atoms with Gasteiger partial charge < -0.3 is 0 Å². The Labute approximate surface area is 288 Å². The fourth-order valence-electron chi connectivity index (χ4n) is 7.98. The summed E-state index contributed by atoms with van der Waals surface area (Å²) in [7, 11) is 0. The average Bonchev–Trinajstić information content (AvgIpc) is 3.00. The van der Waals surface area contributed by atoms with Gasteiger partial charge in [0.05, 0.1) is 0 Å². The van der Waals surface area contributed by atoms with Gasteiger partial charge in [-0.25, -0.2) is 0 Å². The molecule has 0 heteroatoms. The van der Waals surface area contributed by atoms with Gasteiger partial charge in [-0.15, -0.1) is 0 Å². The largest absolute Gasteiger partial charge is 0.0610 e. The van der Waals surface area contributed by atoms with E-state index in [0.29, 0.717) is 0 Å². The first-order valence-electron chi connectivity index (χ1n) is 17.8. The van der Waals surface area contributed by atoms with E-state index in [1.807, 2.05) is 0 Å². The molecule has 0 aromatic heterocycles. The summed E-state index contributed by atoms with van der Waals surface area (Å²) in [6.45, 7) is 28.2. The van der Waals surface area contributed by atoms with Crippen molar-refractivity contribution >= 4 is 43.1 Å². The molecule has 0 aliphatic carbocycles. The van der Waals surface area contributed by atoms with Gasteiger partial charge >= 0.3 is 0 Å². The fourth-order valence-corrected chi connectivity index (χ4v) is 7.98. The lowest BCUT2D eigenvalue weighted by Crippen LogP contribution is -2.18. The van der Waals surface area contributed by atoms with Crippen molar-refractivity contribution in [3.05, 3.63) is 119 Å². The van der Waals surface area contributed by atoms with Crippen molar-refractivity contribution in [1.82, 2.24) is 0 Å². The van der Waals surface area contributed by atoms with Gasteiger partial charge in [-0.3, -0.25) is 0 Å². The Balaban J connectivity index is 1.82. The number of benzene rings is 7. The summed E-state index contributed by atoms with van der Waals surface area (Å²) in [5, 5.41) is 10.7. The van der Waals surface area contributed by atoms with Gasteiger partial charge in [-0.1, -0.05) is 174 Å². The van der Waals surface area contributed by atoms with E-state index in [1.165, 1.54) is 87.6 Å². The molecule has 0 radical (unpaired) electrons. The number of hydrogen-bond donors (Lipinski definition) is 0. The average molecular weight is 629 g/mol. The summed E-state index contributed by atoms with van der Waals surface area (Å²) in [6, 6.07) is 37.8. The Kier molecular flexibility index (Phi) is 7.20. The highest BCUT2D eigenvalue weighted by atomic mass is 14.3. The molecule has 48 heavy (non-hydrogen) atoms. The molecule has 0 spiro atoms. The Morgan fingerprint density at radius 1 is 0.333 bits per heavy atom. The van der Waals surface area contributed by atoms with Gasteiger partial charge in [0.1, 0.15) is 0 Å². The molecule has 0 aliphatic heterocycles. The maximum absolute atomic E-state index is 2.54. The Bertz CT molecular complexity index is 2350. The third kappa shape index (κ3) is 5.20. The smallest absolute Gasteiger partial charge is 0.000775 e. The maximum atomic E-state index is 2.54. The molecule has 0 atom stereocenters. The van der Waals surface area contributed by atoms with E-state index in [2.05, 4.69) is 180 Å². The molecule has 0 aliphatic rings. The van der Waals surface area contributed by atoms with Crippen LogP contribution in [0, 0.1) is 0 Å². The third-order valence-corrected chi connectivity index (χ3v) is 10.6. The van der Waals surface area contributed by atoms with Crippen molar-refractivity contribution in [2.24, 2.45) is 0 Å². The van der Waals surface area contributed by atoms with E-state index in [0.717, 1.165) is 0 Å². The van der Waals surface area contributed by atoms with Crippen LogP contribution >= 0.6 is 0 Å². The summed E-state index contributed by atoms with van der Waals surface area (Å²) in [5.74, 6) is 0. The van der Waals surface area contributed by atoms with E-state index in [-0.39, 0.29) is 21.7 Å². The van der Waals surface area contributed by atoms with Crippen LogP contribution in [0.1, 0.15) is 105 Å². The first kappa shape index (κ1) is 32.4. The van der Waals surface area contributed by atoms with Gasteiger partial charge in [0, 0.05) is 0 Å². The monoisotopic (exact) mass is 628 g/mol. The SMILES string of the molecule is CC(C)(C)c1ccc(C(C)(C)C)c(-c2cc3cccc4c5cccc6cccc(c(c2-c2cc(C(C)(C)C)ccc2C(C)(C)C)c34)c65)c1. The lowest BCUT2D eigenvalue weighted by Gasteiger charge is -2.31. The molecular weight excluding hydrogens is 577 g/mol. The fraction of sp³-hybridized carbons (Fsp3) is 0.333. The molecule has 0 bridgehead atoms. The highest BCUT2D eigenvalue weighted by molar-refractivity contribution is 6.36. The molecule has 0 unspecified atom stereocenters. The van der Waals surface area contributed by atoms with Gasteiger partial charge in [0.2, 0.25) is 0 Å². The van der Waals surface area contributed by atoms with Crippen LogP contribution in [0.4, 0.5) is 0 Å². The van der Waals surface area contributed by atoms with Gasteiger partial charge in [0.25, 0.3) is 0 Å². The number of fused-ring (bicyclic) bond motifs is 2. The zero-order chi connectivity index (χ0) is 34.6. The molecule has 0 amide bonds. The van der Waals surface area contributed by atoms with Crippen molar-refractivity contribution in [3.63, 3.8) is 0 Å². The van der Waals surface area contributed by atoms with E-state index in [4.69, 9.17) is 0 Å². The minimum absolute atomic E-state index is 0.0138. The Morgan fingerprint density at radius 3 is 1.31 bits per heavy atom. The van der Waals surface area contributed by atoms with Crippen LogP contribution in [-0.4, -0.2) is 0 Å². The second kappa shape index (κ2) is 10.7. The normalized spacial score (nSPS) is 13.4. The minimum atomic E-state index is -0.0527. The lowest BCUT2D eigenvalue weighted by molar-refractivity contribution is 0.578. The van der Waals surface area contributed by atoms with Crippen LogP contribution in [0.3, 0.4) is 0 Å². The molecule has 0 heterocycles. The first-order chi connectivity index (χ1) is 22.4. The summed E-state index contributed by atoms with van der Waals surface area (Å²) < 4.78 is 0. The van der Waals surface area contributed by atoms with Crippen LogP contribution in [0.15, 0.2) is 97.1 Å². The molecule has 0 saturated heterocycles. The molecule has 7 aromatic carbocycles. The van der Waals surface area contributed by atoms with Crippen LogP contribution in [0.2, 0.25) is 0 Å². The third-order valence-electron chi connectivity index (χ3n) is 10.6. The summed E-state index contributed by atoms with van der Waals surface area (Å²) in [4.78, 5) is 0. The number of rotatable bonds is 2. The van der Waals surface area contributed by atoms with Crippen molar-refractivity contribution in [2.75, 3.05) is 0 Å². The molecule has 7 aromatic rings. The summed E-state index contributed by atoms with van der Waals surface area (Å²) in [5.41, 5.74) is 10.9. The van der Waals surface area contributed by atoms with Crippen molar-refractivity contribution in [1.29, 1.82) is 0 Å². The molecule has 0 nitrogen and oxygen atoms in total. The Hall–Kier alpha value is -4.16. The van der Waals surface area contributed by atoms with Gasteiger partial charge in [-0.2, -0.15) is 0 Å². The summed E-state index contributed by atoms with van der Waals surface area (Å²) in [6.07, 6.45) is 0. The quantitative estimate of drug-likeness (QED) is 0.132. The molecule has 0 saturated carbocycles. The highest BCUT2D eigenvalue weighted by Crippen LogP contribution is 2.52. The van der Waals surface area contributed by atoms with Crippen LogP contribution < -0.4 is 0 Å². The van der Waals surface area contributed by atoms with Crippen LogP contribution in [-0.2, 0) is 21.7 Å². The Morgan fingerprint density at radius 2 is 0.792 bits per heavy atom. The second-order valence-electron chi connectivity index (χ2n) is 18.3. The first-order valence-corrected chi connectivity index (χ1v) is 17.8.